The third-order valence-electron chi connectivity index (χ3n) is 3.20. The van der Waals surface area contributed by atoms with Gasteiger partial charge in [-0.05, 0) is 37.3 Å². The molecule has 2 aromatic carbocycles. The van der Waals surface area contributed by atoms with Gasteiger partial charge in [0.2, 0.25) is 5.91 Å². The number of carbonyl (C=O) groups is 1. The van der Waals surface area contributed by atoms with E-state index >= 15 is 0 Å². The Morgan fingerprint density at radius 3 is 2.57 bits per heavy atom. The monoisotopic (exact) mass is 301 g/mol. The maximum absolute atomic E-state index is 12.2. The first-order valence-electron chi connectivity index (χ1n) is 6.70. The fourth-order valence-corrected chi connectivity index (χ4v) is 2.70. The minimum absolute atomic E-state index is 0.0756. The highest BCUT2D eigenvalue weighted by Gasteiger charge is 2.11. The SMILES string of the molecule is COc1cccc(SCC(=O)N(C)c2ccc(C)cc2)c1. The number of nitrogens with zero attached hydrogens (tertiary/aromatic N) is 1. The number of methoxy groups -OCH3 is 1. The van der Waals surface area contributed by atoms with Crippen molar-refractivity contribution >= 4 is 23.4 Å². The van der Waals surface area contributed by atoms with E-state index in [9.17, 15) is 4.79 Å². The van der Waals surface area contributed by atoms with Crippen LogP contribution in [-0.2, 0) is 4.79 Å². The molecule has 0 atom stereocenters. The number of hydrogen-bond acceptors (Lipinski definition) is 3. The van der Waals surface area contributed by atoms with E-state index in [4.69, 9.17) is 4.74 Å². The molecule has 0 aliphatic rings. The molecule has 0 aliphatic heterocycles. The summed E-state index contributed by atoms with van der Waals surface area (Å²) in [5.41, 5.74) is 2.10. The van der Waals surface area contributed by atoms with Gasteiger partial charge in [-0.2, -0.15) is 0 Å². The molecule has 2 aromatic rings. The Labute approximate surface area is 129 Å². The highest BCUT2D eigenvalue weighted by Crippen LogP contribution is 2.23. The van der Waals surface area contributed by atoms with E-state index in [1.165, 1.54) is 17.3 Å². The maximum Gasteiger partial charge on any atom is 0.237 e. The van der Waals surface area contributed by atoms with Gasteiger partial charge >= 0.3 is 0 Å². The van der Waals surface area contributed by atoms with Crippen molar-refractivity contribution in [2.24, 2.45) is 0 Å². The first kappa shape index (κ1) is 15.4. The first-order valence-corrected chi connectivity index (χ1v) is 7.69. The zero-order valence-electron chi connectivity index (χ0n) is 12.5. The van der Waals surface area contributed by atoms with Crippen LogP contribution in [0.5, 0.6) is 5.75 Å². The summed E-state index contributed by atoms with van der Waals surface area (Å²) in [5.74, 6) is 1.28. The van der Waals surface area contributed by atoms with Gasteiger partial charge in [0, 0.05) is 17.6 Å². The quantitative estimate of drug-likeness (QED) is 0.788. The van der Waals surface area contributed by atoms with E-state index in [2.05, 4.69) is 0 Å². The molecule has 0 fully saturated rings. The molecule has 0 heterocycles. The van der Waals surface area contributed by atoms with E-state index < -0.39 is 0 Å². The molecule has 0 unspecified atom stereocenters. The van der Waals surface area contributed by atoms with Gasteiger partial charge in [-0.15, -0.1) is 11.8 Å². The Balaban J connectivity index is 1.96. The molecule has 0 aliphatic carbocycles. The van der Waals surface area contributed by atoms with Gasteiger partial charge in [0.25, 0.3) is 0 Å². The number of rotatable bonds is 5. The van der Waals surface area contributed by atoms with Crippen molar-refractivity contribution in [1.29, 1.82) is 0 Å². The fourth-order valence-electron chi connectivity index (χ4n) is 1.85. The third-order valence-corrected chi connectivity index (χ3v) is 4.18. The van der Waals surface area contributed by atoms with Gasteiger partial charge in [-0.1, -0.05) is 23.8 Å². The van der Waals surface area contributed by atoms with Gasteiger partial charge in [0.05, 0.1) is 12.9 Å². The zero-order chi connectivity index (χ0) is 15.2. The number of aryl methyl sites for hydroxylation is 1. The van der Waals surface area contributed by atoms with Crippen LogP contribution < -0.4 is 9.64 Å². The van der Waals surface area contributed by atoms with Crippen LogP contribution in [0, 0.1) is 6.92 Å². The number of thioether (sulfide) groups is 1. The van der Waals surface area contributed by atoms with Crippen molar-refractivity contribution in [3.63, 3.8) is 0 Å². The van der Waals surface area contributed by atoms with Gasteiger partial charge in [-0.3, -0.25) is 4.79 Å². The Hall–Kier alpha value is -1.94. The molecule has 0 saturated carbocycles. The van der Waals surface area contributed by atoms with Crippen molar-refractivity contribution in [2.45, 2.75) is 11.8 Å². The van der Waals surface area contributed by atoms with Gasteiger partial charge in [0.15, 0.2) is 0 Å². The van der Waals surface area contributed by atoms with Crippen molar-refractivity contribution in [3.05, 3.63) is 54.1 Å². The standard InChI is InChI=1S/C17H19NO2S/c1-13-7-9-14(10-8-13)18(2)17(19)12-21-16-6-4-5-15(11-16)20-3/h4-11H,12H2,1-3H3. The molecule has 0 bridgehead atoms. The second-order valence-corrected chi connectivity index (χ2v) is 5.80. The Morgan fingerprint density at radius 2 is 1.90 bits per heavy atom. The number of benzene rings is 2. The molecule has 4 heteroatoms. The molecule has 3 nitrogen and oxygen atoms in total. The maximum atomic E-state index is 12.2. The van der Waals surface area contributed by atoms with Gasteiger partial charge in [0.1, 0.15) is 5.75 Å². The lowest BCUT2D eigenvalue weighted by Crippen LogP contribution is -2.27. The summed E-state index contributed by atoms with van der Waals surface area (Å²) >= 11 is 1.51. The first-order chi connectivity index (χ1) is 10.1. The lowest BCUT2D eigenvalue weighted by atomic mass is 10.2. The smallest absolute Gasteiger partial charge is 0.237 e. The molecule has 21 heavy (non-hydrogen) atoms. The predicted molar refractivity (Wildman–Crippen MR) is 88.3 cm³/mol. The second kappa shape index (κ2) is 7.18. The summed E-state index contributed by atoms with van der Waals surface area (Å²) in [7, 11) is 3.44. The topological polar surface area (TPSA) is 29.5 Å². The fraction of sp³-hybridized carbons (Fsp3) is 0.235. The molecule has 0 N–H and O–H groups in total. The predicted octanol–water partition coefficient (Wildman–Crippen LogP) is 3.76. The number of carbonyl (C=O) groups excluding carboxylic acids is 1. The van der Waals surface area contributed by atoms with Crippen LogP contribution in [0.2, 0.25) is 0 Å². The van der Waals surface area contributed by atoms with Crippen LogP contribution in [-0.4, -0.2) is 25.8 Å². The van der Waals surface area contributed by atoms with E-state index in [1.807, 2.05) is 55.5 Å². The van der Waals surface area contributed by atoms with Crippen LogP contribution in [0.4, 0.5) is 5.69 Å². The molecule has 0 radical (unpaired) electrons. The lowest BCUT2D eigenvalue weighted by Gasteiger charge is -2.17. The molecule has 110 valence electrons. The minimum atomic E-state index is 0.0756. The normalized spacial score (nSPS) is 10.2. The number of ether oxygens (including phenoxy) is 1. The van der Waals surface area contributed by atoms with Crippen molar-refractivity contribution in [3.8, 4) is 5.75 Å². The summed E-state index contributed by atoms with van der Waals surface area (Å²) in [6, 6.07) is 15.7. The summed E-state index contributed by atoms with van der Waals surface area (Å²) < 4.78 is 5.18. The average Bonchev–Trinajstić information content (AvgIpc) is 2.53. The van der Waals surface area contributed by atoms with Crippen LogP contribution in [0.1, 0.15) is 5.56 Å². The van der Waals surface area contributed by atoms with E-state index in [0.717, 1.165) is 16.3 Å². The van der Waals surface area contributed by atoms with Gasteiger partial charge < -0.3 is 9.64 Å². The number of anilines is 1. The minimum Gasteiger partial charge on any atom is -0.497 e. The van der Waals surface area contributed by atoms with Crippen LogP contribution in [0.25, 0.3) is 0 Å². The number of hydrogen-bond donors (Lipinski definition) is 0. The summed E-state index contributed by atoms with van der Waals surface area (Å²) in [6.45, 7) is 2.03. The second-order valence-electron chi connectivity index (χ2n) is 4.76. The zero-order valence-corrected chi connectivity index (χ0v) is 13.3. The third kappa shape index (κ3) is 4.26. The Kier molecular flexibility index (Phi) is 5.28. The van der Waals surface area contributed by atoms with Crippen molar-refractivity contribution in [1.82, 2.24) is 0 Å². The van der Waals surface area contributed by atoms with Crippen LogP contribution in [0.15, 0.2) is 53.4 Å². The molecule has 0 spiro atoms. The highest BCUT2D eigenvalue weighted by molar-refractivity contribution is 8.00. The molecular formula is C17H19NO2S. The van der Waals surface area contributed by atoms with Crippen LogP contribution >= 0.6 is 11.8 Å². The highest BCUT2D eigenvalue weighted by atomic mass is 32.2. The average molecular weight is 301 g/mol. The van der Waals surface area contributed by atoms with Gasteiger partial charge in [-0.25, -0.2) is 0 Å². The summed E-state index contributed by atoms with van der Waals surface area (Å²) in [5, 5.41) is 0. The molecule has 0 aromatic heterocycles. The Bertz CT molecular complexity index is 610. The van der Waals surface area contributed by atoms with Crippen molar-refractivity contribution < 1.29 is 9.53 Å². The molecule has 1 amide bonds. The van der Waals surface area contributed by atoms with Crippen molar-refractivity contribution in [2.75, 3.05) is 24.8 Å². The van der Waals surface area contributed by atoms with E-state index in [0.29, 0.717) is 5.75 Å². The largest absolute Gasteiger partial charge is 0.497 e. The number of amides is 1. The summed E-state index contributed by atoms with van der Waals surface area (Å²) in [4.78, 5) is 14.9. The summed E-state index contributed by atoms with van der Waals surface area (Å²) in [6.07, 6.45) is 0. The Morgan fingerprint density at radius 1 is 1.19 bits per heavy atom. The van der Waals surface area contributed by atoms with E-state index in [-0.39, 0.29) is 5.91 Å². The molecule has 2 rings (SSSR count). The molecular weight excluding hydrogens is 282 g/mol. The van der Waals surface area contributed by atoms with E-state index in [1.54, 1.807) is 19.1 Å². The van der Waals surface area contributed by atoms with Crippen LogP contribution in [0.3, 0.4) is 0 Å². The lowest BCUT2D eigenvalue weighted by molar-refractivity contribution is -0.115. The molecule has 0 saturated heterocycles.